The van der Waals surface area contributed by atoms with Gasteiger partial charge in [0.2, 0.25) is 0 Å². The summed E-state index contributed by atoms with van der Waals surface area (Å²) in [5.74, 6) is -0.137. The van der Waals surface area contributed by atoms with Gasteiger partial charge in [0.25, 0.3) is 0 Å². The summed E-state index contributed by atoms with van der Waals surface area (Å²) >= 11 is 0. The second-order valence-electron chi connectivity index (χ2n) is 8.17. The number of pyridine rings is 2. The van der Waals surface area contributed by atoms with Crippen molar-refractivity contribution in [3.8, 4) is 11.6 Å². The average molecular weight is 473 g/mol. The van der Waals surface area contributed by atoms with Crippen molar-refractivity contribution in [1.82, 2.24) is 25.0 Å². The van der Waals surface area contributed by atoms with Crippen LogP contribution >= 0.6 is 0 Å². The SMILES string of the molecule is BC(B)(B)O[C@@H](C)c1c(NC(=O)Nc2cnc(-n3nccn3)c(C(F)(F)F)c2)cncc1OC. The summed E-state index contributed by atoms with van der Waals surface area (Å²) in [6, 6.07) is -0.0550. The van der Waals surface area contributed by atoms with Crippen LogP contribution in [0.25, 0.3) is 5.82 Å². The Morgan fingerprint density at radius 1 is 1.12 bits per heavy atom. The number of rotatable bonds is 7. The minimum atomic E-state index is -4.76. The van der Waals surface area contributed by atoms with Crippen molar-refractivity contribution < 1.29 is 27.4 Å². The van der Waals surface area contributed by atoms with E-state index in [1.165, 1.54) is 31.9 Å². The minimum Gasteiger partial charge on any atom is -0.495 e. The van der Waals surface area contributed by atoms with Gasteiger partial charge in [-0.05, 0) is 18.3 Å². The number of methoxy groups -OCH3 is 1. The molecule has 0 fully saturated rings. The molecule has 0 saturated heterocycles. The lowest BCUT2D eigenvalue weighted by Gasteiger charge is -2.28. The first-order valence-corrected chi connectivity index (χ1v) is 10.1. The van der Waals surface area contributed by atoms with Gasteiger partial charge in [0.05, 0.1) is 55.6 Å². The molecule has 0 bridgehead atoms. The van der Waals surface area contributed by atoms with Crippen LogP contribution < -0.4 is 15.4 Å². The molecule has 3 aromatic heterocycles. The Morgan fingerprint density at radius 3 is 2.38 bits per heavy atom. The number of aromatic nitrogens is 5. The first-order valence-electron chi connectivity index (χ1n) is 10.1. The number of nitrogens with one attached hydrogen (secondary N) is 2. The number of amides is 2. The van der Waals surface area contributed by atoms with Crippen LogP contribution in [0.4, 0.5) is 29.3 Å². The molecule has 16 heteroatoms. The van der Waals surface area contributed by atoms with Gasteiger partial charge < -0.3 is 20.1 Å². The van der Waals surface area contributed by atoms with E-state index in [0.717, 1.165) is 17.1 Å². The van der Waals surface area contributed by atoms with E-state index in [1.54, 1.807) is 6.92 Å². The molecule has 0 unspecified atom stereocenters. The number of ether oxygens (including phenoxy) is 2. The van der Waals surface area contributed by atoms with E-state index >= 15 is 0 Å². The number of hydrogen-bond donors (Lipinski definition) is 2. The summed E-state index contributed by atoms with van der Waals surface area (Å²) in [7, 11) is 7.09. The number of halogens is 3. The third kappa shape index (κ3) is 6.07. The van der Waals surface area contributed by atoms with Crippen LogP contribution in [0, 0.1) is 0 Å². The van der Waals surface area contributed by atoms with Gasteiger partial charge in [-0.25, -0.2) is 9.78 Å². The molecule has 176 valence electrons. The number of nitrogens with zero attached hydrogens (tertiary/aromatic N) is 5. The summed E-state index contributed by atoms with van der Waals surface area (Å²) in [6.45, 7) is 1.79. The van der Waals surface area contributed by atoms with E-state index in [0.29, 0.717) is 11.3 Å². The average Bonchev–Trinajstić information content (AvgIpc) is 3.26. The molecule has 0 aliphatic rings. The summed E-state index contributed by atoms with van der Waals surface area (Å²) in [5, 5.41) is 11.8. The Kier molecular flexibility index (Phi) is 7.19. The van der Waals surface area contributed by atoms with Crippen molar-refractivity contribution in [3.63, 3.8) is 0 Å². The topological polar surface area (TPSA) is 116 Å². The lowest BCUT2D eigenvalue weighted by molar-refractivity contribution is -0.137. The second kappa shape index (κ2) is 9.75. The van der Waals surface area contributed by atoms with Crippen LogP contribution in [0.1, 0.15) is 24.2 Å². The molecule has 3 rings (SSSR count). The van der Waals surface area contributed by atoms with Gasteiger partial charge >= 0.3 is 12.2 Å². The second-order valence-corrected chi connectivity index (χ2v) is 8.17. The van der Waals surface area contributed by atoms with Gasteiger partial charge in [0.15, 0.2) is 5.82 Å². The van der Waals surface area contributed by atoms with Crippen LogP contribution in [0.15, 0.2) is 37.1 Å². The van der Waals surface area contributed by atoms with E-state index < -0.39 is 35.0 Å². The van der Waals surface area contributed by atoms with E-state index in [9.17, 15) is 18.0 Å². The van der Waals surface area contributed by atoms with Crippen molar-refractivity contribution in [3.05, 3.63) is 48.2 Å². The van der Waals surface area contributed by atoms with E-state index in [1.807, 2.05) is 23.5 Å². The van der Waals surface area contributed by atoms with Crippen molar-refractivity contribution in [1.29, 1.82) is 0 Å². The Balaban J connectivity index is 1.86. The molecule has 0 radical (unpaired) electrons. The van der Waals surface area contributed by atoms with Crippen molar-refractivity contribution in [2.24, 2.45) is 0 Å². The molecule has 10 nitrogen and oxygen atoms in total. The standard InChI is InChI=1S/C18H21B3F3N7O3/c1-9(34-18(19,20)21)14-12(7-25-8-13(14)33-2)30-16(32)29-10-5-11(17(22,23)24)15(26-6-10)31-27-3-4-28-31/h3-9H,19-21H2,1-2H3,(H2,29,30,32)/t9-/m0/s1. The number of carbonyl (C=O) groups excluding carboxylic acids is 1. The zero-order valence-corrected chi connectivity index (χ0v) is 19.1. The molecule has 0 aliphatic heterocycles. The summed E-state index contributed by atoms with van der Waals surface area (Å²) in [4.78, 5) is 21.2. The quantitative estimate of drug-likeness (QED) is 0.476. The highest BCUT2D eigenvalue weighted by Crippen LogP contribution is 2.36. The number of carbonyl (C=O) groups is 1. The molecule has 3 aromatic rings. The highest BCUT2D eigenvalue weighted by Gasteiger charge is 2.36. The van der Waals surface area contributed by atoms with Gasteiger partial charge in [0.1, 0.15) is 34.9 Å². The molecular formula is C18H21B3F3N7O3. The molecule has 2 N–H and O–H groups in total. The maximum Gasteiger partial charge on any atom is 0.420 e. The maximum absolute atomic E-state index is 13.6. The molecular weight excluding hydrogens is 452 g/mol. The molecule has 1 atom stereocenters. The summed E-state index contributed by atoms with van der Waals surface area (Å²) in [6.07, 6.45) is 1.15. The fourth-order valence-electron chi connectivity index (χ4n) is 3.23. The Bertz CT molecular complexity index is 1160. The van der Waals surface area contributed by atoms with Crippen molar-refractivity contribution in [2.45, 2.75) is 24.5 Å². The monoisotopic (exact) mass is 473 g/mol. The van der Waals surface area contributed by atoms with Gasteiger partial charge in [0, 0.05) is 5.56 Å². The molecule has 0 saturated carbocycles. The molecule has 2 amide bonds. The number of hydrogen-bond acceptors (Lipinski definition) is 7. The minimum absolute atomic E-state index is 0.183. The molecule has 34 heavy (non-hydrogen) atoms. The largest absolute Gasteiger partial charge is 0.495 e. The molecule has 3 heterocycles. The fraction of sp³-hybridized carbons (Fsp3) is 0.278. The van der Waals surface area contributed by atoms with Crippen molar-refractivity contribution >= 4 is 40.9 Å². The summed E-state index contributed by atoms with van der Waals surface area (Å²) < 4.78 is 52.1. The van der Waals surface area contributed by atoms with Crippen LogP contribution in [0.3, 0.4) is 0 Å². The van der Waals surface area contributed by atoms with Crippen LogP contribution in [-0.4, -0.2) is 66.9 Å². The third-order valence-electron chi connectivity index (χ3n) is 4.39. The lowest BCUT2D eigenvalue weighted by Crippen LogP contribution is -2.35. The molecule has 0 spiro atoms. The number of alkyl halides is 3. The number of urea groups is 1. The third-order valence-corrected chi connectivity index (χ3v) is 4.39. The van der Waals surface area contributed by atoms with Crippen LogP contribution in [0.2, 0.25) is 0 Å². The predicted octanol–water partition coefficient (Wildman–Crippen LogP) is 0.317. The first kappa shape index (κ1) is 25.1. The van der Waals surface area contributed by atoms with Crippen LogP contribution in [-0.2, 0) is 10.9 Å². The van der Waals surface area contributed by atoms with E-state index in [2.05, 4.69) is 30.8 Å². The van der Waals surface area contributed by atoms with Crippen molar-refractivity contribution in [2.75, 3.05) is 17.7 Å². The predicted molar refractivity (Wildman–Crippen MR) is 125 cm³/mol. The van der Waals surface area contributed by atoms with Gasteiger partial charge in [-0.1, -0.05) is 0 Å². The highest BCUT2D eigenvalue weighted by atomic mass is 19.4. The molecule has 0 aromatic carbocycles. The summed E-state index contributed by atoms with van der Waals surface area (Å²) in [5.41, 5.74) is -0.499. The number of anilines is 2. The Hall–Kier alpha value is -3.55. The van der Waals surface area contributed by atoms with Gasteiger partial charge in [-0.15, -0.1) is 4.80 Å². The highest BCUT2D eigenvalue weighted by molar-refractivity contribution is 6.58. The zero-order chi connectivity index (χ0) is 25.1. The van der Waals surface area contributed by atoms with E-state index in [4.69, 9.17) is 9.47 Å². The Labute approximate surface area is 195 Å². The normalized spacial score (nSPS) is 12.7. The van der Waals surface area contributed by atoms with Gasteiger partial charge in [-0.3, -0.25) is 4.98 Å². The Morgan fingerprint density at radius 2 is 1.79 bits per heavy atom. The van der Waals surface area contributed by atoms with Crippen LogP contribution in [0.5, 0.6) is 5.75 Å². The maximum atomic E-state index is 13.6. The zero-order valence-electron chi connectivity index (χ0n) is 19.1. The van der Waals surface area contributed by atoms with E-state index in [-0.39, 0.29) is 11.4 Å². The fourth-order valence-corrected chi connectivity index (χ4v) is 3.23. The first-order chi connectivity index (χ1) is 15.9. The lowest BCUT2D eigenvalue weighted by atomic mass is 9.52. The van der Waals surface area contributed by atoms with Gasteiger partial charge in [-0.2, -0.15) is 23.4 Å². The molecule has 0 aliphatic carbocycles. The smallest absolute Gasteiger partial charge is 0.420 e.